The molecule has 80 valence electrons. The van der Waals surface area contributed by atoms with Gasteiger partial charge in [0.15, 0.2) is 0 Å². The normalized spacial score (nSPS) is 9.73. The third kappa shape index (κ3) is 4.04. The lowest BCUT2D eigenvalue weighted by atomic mass is 10.2. The lowest BCUT2D eigenvalue weighted by Gasteiger charge is -2.06. The van der Waals surface area contributed by atoms with Gasteiger partial charge in [0.25, 0.3) is 5.91 Å². The minimum absolute atomic E-state index is 0.173. The Morgan fingerprint density at radius 1 is 1.60 bits per heavy atom. The molecule has 0 heterocycles. The van der Waals surface area contributed by atoms with Gasteiger partial charge in [-0.1, -0.05) is 28.1 Å². The van der Waals surface area contributed by atoms with Crippen LogP contribution >= 0.6 is 50.7 Å². The first kappa shape index (κ1) is 12.9. The minimum Gasteiger partial charge on any atom is -0.392 e. The van der Waals surface area contributed by atoms with E-state index in [1.54, 1.807) is 6.07 Å². The summed E-state index contributed by atoms with van der Waals surface area (Å²) in [6, 6.07) is 5.50. The molecular formula is C9H8BrIN2OS. The maximum Gasteiger partial charge on any atom is 0.252 e. The van der Waals surface area contributed by atoms with Crippen LogP contribution in [-0.4, -0.2) is 17.4 Å². The summed E-state index contributed by atoms with van der Waals surface area (Å²) >= 11 is 10.1. The van der Waals surface area contributed by atoms with Gasteiger partial charge in [-0.25, -0.2) is 0 Å². The van der Waals surface area contributed by atoms with E-state index in [0.717, 1.165) is 8.04 Å². The molecule has 0 fully saturated rings. The van der Waals surface area contributed by atoms with Gasteiger partial charge in [0.05, 0.1) is 17.1 Å². The molecule has 3 nitrogen and oxygen atoms in total. The molecule has 0 aromatic heterocycles. The molecule has 0 radical (unpaired) electrons. The molecule has 6 heteroatoms. The van der Waals surface area contributed by atoms with Gasteiger partial charge < -0.3 is 11.1 Å². The van der Waals surface area contributed by atoms with Crippen molar-refractivity contribution in [1.29, 1.82) is 0 Å². The van der Waals surface area contributed by atoms with E-state index in [4.69, 9.17) is 5.73 Å². The fourth-order valence-electron chi connectivity index (χ4n) is 0.934. The first-order chi connectivity index (χ1) is 7.00. The summed E-state index contributed by atoms with van der Waals surface area (Å²) in [5.41, 5.74) is 5.90. The van der Waals surface area contributed by atoms with E-state index in [-0.39, 0.29) is 17.4 Å². The molecule has 1 rings (SSSR count). The van der Waals surface area contributed by atoms with E-state index in [2.05, 4.69) is 56.1 Å². The average Bonchev–Trinajstić information content (AvgIpc) is 2.18. The zero-order valence-electron chi connectivity index (χ0n) is 7.59. The van der Waals surface area contributed by atoms with Crippen molar-refractivity contribution < 1.29 is 4.79 Å². The number of thiocarbonyl (C=S) groups is 1. The van der Waals surface area contributed by atoms with Gasteiger partial charge in [0, 0.05) is 8.04 Å². The van der Waals surface area contributed by atoms with Crippen LogP contribution in [-0.2, 0) is 0 Å². The van der Waals surface area contributed by atoms with E-state index >= 15 is 0 Å². The summed E-state index contributed by atoms with van der Waals surface area (Å²) < 4.78 is 1.75. The van der Waals surface area contributed by atoms with E-state index in [9.17, 15) is 4.79 Å². The van der Waals surface area contributed by atoms with Crippen molar-refractivity contribution in [2.45, 2.75) is 0 Å². The molecule has 1 amide bonds. The van der Waals surface area contributed by atoms with Crippen LogP contribution in [0.2, 0.25) is 0 Å². The van der Waals surface area contributed by atoms with Crippen molar-refractivity contribution in [1.82, 2.24) is 5.32 Å². The molecule has 0 aliphatic rings. The molecule has 0 saturated carbocycles. The summed E-state index contributed by atoms with van der Waals surface area (Å²) in [6.45, 7) is 0.219. The molecule has 0 saturated heterocycles. The van der Waals surface area contributed by atoms with Gasteiger partial charge in [-0.05, 0) is 40.8 Å². The number of hydrogen-bond acceptors (Lipinski definition) is 2. The van der Waals surface area contributed by atoms with Crippen LogP contribution in [0.4, 0.5) is 0 Å². The largest absolute Gasteiger partial charge is 0.392 e. The predicted molar refractivity (Wildman–Crippen MR) is 76.0 cm³/mol. The smallest absolute Gasteiger partial charge is 0.252 e. The molecule has 0 aliphatic heterocycles. The standard InChI is InChI=1S/C9H8BrIN2OS/c10-5-1-2-7(11)6(3-5)9(14)13-4-8(12)15/h1-3H,4H2,(H2,12,15)(H,13,14). The fourth-order valence-corrected chi connectivity index (χ4v) is 1.95. The van der Waals surface area contributed by atoms with Crippen LogP contribution in [0, 0.1) is 3.57 Å². The number of hydrogen-bond donors (Lipinski definition) is 2. The maximum absolute atomic E-state index is 11.7. The third-order valence-corrected chi connectivity index (χ3v) is 3.17. The minimum atomic E-state index is -0.173. The molecule has 3 N–H and O–H groups in total. The highest BCUT2D eigenvalue weighted by molar-refractivity contribution is 14.1. The lowest BCUT2D eigenvalue weighted by Crippen LogP contribution is -2.32. The van der Waals surface area contributed by atoms with Gasteiger partial charge in [0.2, 0.25) is 0 Å². The first-order valence-corrected chi connectivity index (χ1v) is 6.30. The van der Waals surface area contributed by atoms with Crippen molar-refractivity contribution >= 4 is 61.6 Å². The highest BCUT2D eigenvalue weighted by Gasteiger charge is 2.09. The molecule has 0 aliphatic carbocycles. The predicted octanol–water partition coefficient (Wildman–Crippen LogP) is 2.07. The van der Waals surface area contributed by atoms with Crippen LogP contribution in [0.25, 0.3) is 0 Å². The topological polar surface area (TPSA) is 55.1 Å². The Bertz CT molecular complexity index is 411. The number of nitrogens with two attached hydrogens (primary N) is 1. The van der Waals surface area contributed by atoms with Crippen LogP contribution in [0.3, 0.4) is 0 Å². The quantitative estimate of drug-likeness (QED) is 0.605. The number of rotatable bonds is 3. The van der Waals surface area contributed by atoms with Crippen molar-refractivity contribution in [2.24, 2.45) is 5.73 Å². The Balaban J connectivity index is 2.81. The summed E-state index contributed by atoms with van der Waals surface area (Å²) in [5, 5.41) is 2.64. The van der Waals surface area contributed by atoms with Crippen molar-refractivity contribution in [3.63, 3.8) is 0 Å². The summed E-state index contributed by atoms with van der Waals surface area (Å²) in [4.78, 5) is 11.9. The highest BCUT2D eigenvalue weighted by atomic mass is 127. The Labute approximate surface area is 115 Å². The summed E-state index contributed by atoms with van der Waals surface area (Å²) in [6.07, 6.45) is 0. The van der Waals surface area contributed by atoms with Crippen molar-refractivity contribution in [3.8, 4) is 0 Å². The molecule has 0 atom stereocenters. The zero-order valence-corrected chi connectivity index (χ0v) is 12.1. The van der Waals surface area contributed by atoms with E-state index in [1.165, 1.54) is 0 Å². The Morgan fingerprint density at radius 2 is 2.27 bits per heavy atom. The van der Waals surface area contributed by atoms with Crippen molar-refractivity contribution in [3.05, 3.63) is 31.8 Å². The van der Waals surface area contributed by atoms with Gasteiger partial charge in [-0.3, -0.25) is 4.79 Å². The van der Waals surface area contributed by atoms with E-state index in [0.29, 0.717) is 5.56 Å². The molecule has 0 bridgehead atoms. The Kier molecular flexibility index (Phi) is 4.94. The van der Waals surface area contributed by atoms with Crippen molar-refractivity contribution in [2.75, 3.05) is 6.54 Å². The maximum atomic E-state index is 11.7. The van der Waals surface area contributed by atoms with Crippen LogP contribution in [0.15, 0.2) is 22.7 Å². The summed E-state index contributed by atoms with van der Waals surface area (Å²) in [7, 11) is 0. The third-order valence-electron chi connectivity index (χ3n) is 1.60. The van der Waals surface area contributed by atoms with Crippen LogP contribution in [0.5, 0.6) is 0 Å². The molecular weight excluding hydrogens is 391 g/mol. The summed E-state index contributed by atoms with van der Waals surface area (Å²) in [5.74, 6) is -0.173. The van der Waals surface area contributed by atoms with E-state index < -0.39 is 0 Å². The first-order valence-electron chi connectivity index (χ1n) is 4.02. The lowest BCUT2D eigenvalue weighted by molar-refractivity contribution is 0.0958. The van der Waals surface area contributed by atoms with Gasteiger partial charge >= 0.3 is 0 Å². The SMILES string of the molecule is NC(=S)CNC(=O)c1cc(Br)ccc1I. The number of carbonyl (C=O) groups excluding carboxylic acids is 1. The number of amides is 1. The highest BCUT2D eigenvalue weighted by Crippen LogP contribution is 2.18. The Hall–Kier alpha value is -0.210. The number of benzene rings is 1. The molecule has 1 aromatic rings. The second kappa shape index (κ2) is 5.76. The second-order valence-corrected chi connectivity index (χ2v) is 5.38. The zero-order chi connectivity index (χ0) is 11.4. The molecule has 1 aromatic carbocycles. The molecule has 0 unspecified atom stereocenters. The fraction of sp³-hybridized carbons (Fsp3) is 0.111. The average molecular weight is 399 g/mol. The van der Waals surface area contributed by atoms with Gasteiger partial charge in [0.1, 0.15) is 0 Å². The number of carbonyl (C=O) groups is 1. The van der Waals surface area contributed by atoms with Crippen LogP contribution in [0.1, 0.15) is 10.4 Å². The van der Waals surface area contributed by atoms with E-state index in [1.807, 2.05) is 12.1 Å². The second-order valence-electron chi connectivity index (χ2n) is 2.77. The number of halogens is 2. The number of nitrogens with one attached hydrogen (secondary N) is 1. The molecule has 0 spiro atoms. The monoisotopic (exact) mass is 398 g/mol. The van der Waals surface area contributed by atoms with Gasteiger partial charge in [-0.2, -0.15) is 0 Å². The van der Waals surface area contributed by atoms with Crippen LogP contribution < -0.4 is 11.1 Å². The molecule has 15 heavy (non-hydrogen) atoms. The van der Waals surface area contributed by atoms with Gasteiger partial charge in [-0.15, -0.1) is 0 Å². The Morgan fingerprint density at radius 3 is 2.87 bits per heavy atom.